The number of carbonyl (C=O) groups is 1. The summed E-state index contributed by atoms with van der Waals surface area (Å²) in [6, 6.07) is 0. The van der Waals surface area contributed by atoms with E-state index in [-0.39, 0.29) is 6.54 Å². The fourth-order valence-electron chi connectivity index (χ4n) is 1.09. The normalized spacial score (nSPS) is 10.1. The van der Waals surface area contributed by atoms with Gasteiger partial charge < -0.3 is 10.0 Å². The Bertz CT molecular complexity index is 313. The van der Waals surface area contributed by atoms with Crippen molar-refractivity contribution < 1.29 is 9.90 Å². The highest BCUT2D eigenvalue weighted by Crippen LogP contribution is 2.19. The minimum Gasteiger partial charge on any atom is -0.480 e. The minimum atomic E-state index is -0.841. The molecule has 0 aliphatic carbocycles. The lowest BCUT2D eigenvalue weighted by Crippen LogP contribution is -2.30. The molecule has 78 valence electrons. The van der Waals surface area contributed by atoms with Crippen LogP contribution < -0.4 is 4.90 Å². The number of carboxylic acid groups (broad SMARTS) is 1. The van der Waals surface area contributed by atoms with Crippen LogP contribution in [0.2, 0.25) is 0 Å². The fraction of sp³-hybridized carbons (Fsp3) is 0.625. The number of aryl methyl sites for hydroxylation is 1. The molecule has 0 aromatic carbocycles. The second-order valence-corrected chi connectivity index (χ2v) is 4.08. The first-order valence-corrected chi connectivity index (χ1v) is 5.22. The first kappa shape index (κ1) is 10.9. The highest BCUT2D eigenvalue weighted by atomic mass is 32.1. The molecule has 1 aromatic rings. The molecule has 14 heavy (non-hydrogen) atoms. The van der Waals surface area contributed by atoms with Crippen LogP contribution in [0.25, 0.3) is 0 Å². The molecule has 0 bridgehead atoms. The van der Waals surface area contributed by atoms with Crippen LogP contribution >= 0.6 is 11.3 Å². The molecule has 0 amide bonds. The number of aliphatic carboxylic acids is 1. The summed E-state index contributed by atoms with van der Waals surface area (Å²) >= 11 is 1.42. The molecule has 0 aliphatic heterocycles. The molecular weight excluding hydrogens is 202 g/mol. The zero-order chi connectivity index (χ0) is 10.6. The molecule has 1 heterocycles. The van der Waals surface area contributed by atoms with Crippen molar-refractivity contribution in [3.63, 3.8) is 0 Å². The molecule has 5 nitrogen and oxygen atoms in total. The van der Waals surface area contributed by atoms with Crippen LogP contribution in [0.1, 0.15) is 18.4 Å². The zero-order valence-corrected chi connectivity index (χ0v) is 9.04. The number of hydrogen-bond donors (Lipinski definition) is 1. The van der Waals surface area contributed by atoms with Gasteiger partial charge in [0.2, 0.25) is 5.13 Å². The van der Waals surface area contributed by atoms with E-state index in [1.54, 1.807) is 4.90 Å². The monoisotopic (exact) mass is 215 g/mol. The van der Waals surface area contributed by atoms with Gasteiger partial charge >= 0.3 is 5.97 Å². The second-order valence-electron chi connectivity index (χ2n) is 2.92. The second kappa shape index (κ2) is 4.90. The summed E-state index contributed by atoms with van der Waals surface area (Å²) in [7, 11) is 0. The number of nitrogens with zero attached hydrogens (tertiary/aromatic N) is 3. The van der Waals surface area contributed by atoms with E-state index >= 15 is 0 Å². The van der Waals surface area contributed by atoms with Crippen molar-refractivity contribution in [1.82, 2.24) is 10.2 Å². The summed E-state index contributed by atoms with van der Waals surface area (Å²) in [6.45, 7) is 4.54. The molecule has 0 fully saturated rings. The number of carboxylic acids is 1. The molecule has 1 aromatic heterocycles. The van der Waals surface area contributed by atoms with E-state index in [0.717, 1.165) is 11.4 Å². The van der Waals surface area contributed by atoms with Crippen molar-refractivity contribution in [3.8, 4) is 0 Å². The van der Waals surface area contributed by atoms with Gasteiger partial charge in [-0.3, -0.25) is 4.79 Å². The van der Waals surface area contributed by atoms with E-state index in [0.29, 0.717) is 11.7 Å². The summed E-state index contributed by atoms with van der Waals surface area (Å²) in [6.07, 6.45) is 0.895. The van der Waals surface area contributed by atoms with Gasteiger partial charge in [0, 0.05) is 6.54 Å². The van der Waals surface area contributed by atoms with Gasteiger partial charge in [-0.05, 0) is 13.3 Å². The molecule has 1 rings (SSSR count). The lowest BCUT2D eigenvalue weighted by molar-refractivity contribution is -0.135. The smallest absolute Gasteiger partial charge is 0.323 e. The first-order chi connectivity index (χ1) is 6.63. The Hall–Kier alpha value is -1.17. The van der Waals surface area contributed by atoms with E-state index in [9.17, 15) is 4.79 Å². The Kier molecular flexibility index (Phi) is 3.82. The topological polar surface area (TPSA) is 66.3 Å². The van der Waals surface area contributed by atoms with Crippen molar-refractivity contribution in [1.29, 1.82) is 0 Å². The maximum atomic E-state index is 10.6. The van der Waals surface area contributed by atoms with Crippen molar-refractivity contribution in [2.45, 2.75) is 20.3 Å². The molecule has 0 saturated carbocycles. The van der Waals surface area contributed by atoms with E-state index in [1.165, 1.54) is 11.3 Å². The Labute approximate surface area is 86.4 Å². The van der Waals surface area contributed by atoms with Gasteiger partial charge in [0.1, 0.15) is 11.6 Å². The van der Waals surface area contributed by atoms with Gasteiger partial charge in [0.25, 0.3) is 0 Å². The van der Waals surface area contributed by atoms with Crippen LogP contribution in [0.5, 0.6) is 0 Å². The lowest BCUT2D eigenvalue weighted by Gasteiger charge is -2.17. The molecule has 0 atom stereocenters. The fourth-order valence-corrected chi connectivity index (χ4v) is 1.80. The van der Waals surface area contributed by atoms with E-state index in [4.69, 9.17) is 5.11 Å². The van der Waals surface area contributed by atoms with Crippen LogP contribution in [-0.4, -0.2) is 34.4 Å². The highest BCUT2D eigenvalue weighted by Gasteiger charge is 2.13. The molecule has 0 spiro atoms. The maximum Gasteiger partial charge on any atom is 0.323 e. The largest absolute Gasteiger partial charge is 0.480 e. The number of rotatable bonds is 5. The average molecular weight is 215 g/mol. The Morgan fingerprint density at radius 1 is 1.57 bits per heavy atom. The maximum absolute atomic E-state index is 10.6. The van der Waals surface area contributed by atoms with Gasteiger partial charge in [-0.1, -0.05) is 18.3 Å². The van der Waals surface area contributed by atoms with Gasteiger partial charge in [0.05, 0.1) is 0 Å². The summed E-state index contributed by atoms with van der Waals surface area (Å²) in [5.41, 5.74) is 0. The van der Waals surface area contributed by atoms with Crippen molar-refractivity contribution in [3.05, 3.63) is 5.01 Å². The van der Waals surface area contributed by atoms with Crippen LogP contribution in [0.4, 0.5) is 5.13 Å². The van der Waals surface area contributed by atoms with E-state index in [2.05, 4.69) is 10.2 Å². The highest BCUT2D eigenvalue weighted by molar-refractivity contribution is 7.15. The Balaban J connectivity index is 2.71. The third-order valence-electron chi connectivity index (χ3n) is 1.61. The SMILES string of the molecule is CCCN(CC(=O)O)c1nnc(C)s1. The molecule has 1 N–H and O–H groups in total. The van der Waals surface area contributed by atoms with Crippen LogP contribution in [-0.2, 0) is 4.79 Å². The van der Waals surface area contributed by atoms with Crippen molar-refractivity contribution in [2.24, 2.45) is 0 Å². The van der Waals surface area contributed by atoms with E-state index < -0.39 is 5.97 Å². The molecule has 0 radical (unpaired) electrons. The first-order valence-electron chi connectivity index (χ1n) is 4.40. The predicted octanol–water partition coefficient (Wildman–Crippen LogP) is 1.15. The van der Waals surface area contributed by atoms with Crippen LogP contribution in [0, 0.1) is 6.92 Å². The van der Waals surface area contributed by atoms with Crippen molar-refractivity contribution in [2.75, 3.05) is 18.0 Å². The van der Waals surface area contributed by atoms with Gasteiger partial charge in [-0.2, -0.15) is 0 Å². The molecule has 6 heteroatoms. The quantitative estimate of drug-likeness (QED) is 0.798. The molecule has 0 saturated heterocycles. The summed E-state index contributed by atoms with van der Waals surface area (Å²) in [4.78, 5) is 12.3. The third kappa shape index (κ3) is 2.95. The Morgan fingerprint density at radius 3 is 2.71 bits per heavy atom. The molecular formula is C8H13N3O2S. The summed E-state index contributed by atoms with van der Waals surface area (Å²) in [5, 5.41) is 18.0. The molecule has 0 unspecified atom stereocenters. The van der Waals surface area contributed by atoms with E-state index in [1.807, 2.05) is 13.8 Å². The van der Waals surface area contributed by atoms with Crippen LogP contribution in [0.3, 0.4) is 0 Å². The zero-order valence-electron chi connectivity index (χ0n) is 8.23. The minimum absolute atomic E-state index is 0.0114. The van der Waals surface area contributed by atoms with Crippen LogP contribution in [0.15, 0.2) is 0 Å². The lowest BCUT2D eigenvalue weighted by atomic mass is 10.4. The average Bonchev–Trinajstić information content (AvgIpc) is 2.50. The van der Waals surface area contributed by atoms with Crippen molar-refractivity contribution >= 4 is 22.4 Å². The number of hydrogen-bond acceptors (Lipinski definition) is 5. The Morgan fingerprint density at radius 2 is 2.29 bits per heavy atom. The molecule has 0 aliphatic rings. The predicted molar refractivity (Wildman–Crippen MR) is 54.8 cm³/mol. The van der Waals surface area contributed by atoms with Gasteiger partial charge in [0.15, 0.2) is 0 Å². The summed E-state index contributed by atoms with van der Waals surface area (Å²) < 4.78 is 0. The number of aromatic nitrogens is 2. The number of anilines is 1. The third-order valence-corrected chi connectivity index (χ3v) is 2.51. The summed E-state index contributed by atoms with van der Waals surface area (Å²) in [5.74, 6) is -0.841. The van der Waals surface area contributed by atoms with Gasteiger partial charge in [-0.25, -0.2) is 0 Å². The standard InChI is InChI=1S/C8H13N3O2S/c1-3-4-11(5-7(12)13)8-10-9-6(2)14-8/h3-5H2,1-2H3,(H,12,13). The van der Waals surface area contributed by atoms with Gasteiger partial charge in [-0.15, -0.1) is 10.2 Å².